The van der Waals surface area contributed by atoms with Crippen molar-refractivity contribution in [1.82, 2.24) is 0 Å². The van der Waals surface area contributed by atoms with Crippen molar-refractivity contribution in [3.63, 3.8) is 0 Å². The van der Waals surface area contributed by atoms with Crippen LogP contribution in [0.1, 0.15) is 44.9 Å². The van der Waals surface area contributed by atoms with E-state index in [1.807, 2.05) is 0 Å². The van der Waals surface area contributed by atoms with Crippen molar-refractivity contribution in [2.24, 2.45) is 0 Å². The maximum absolute atomic E-state index is 13.2. The molecule has 1 aliphatic heterocycles. The van der Waals surface area contributed by atoms with Gasteiger partial charge in [-0.1, -0.05) is 54.6 Å². The van der Waals surface area contributed by atoms with Gasteiger partial charge in [0.05, 0.1) is 16.7 Å². The summed E-state index contributed by atoms with van der Waals surface area (Å²) in [6.07, 6.45) is -2.90. The van der Waals surface area contributed by atoms with E-state index in [9.17, 15) is 19.5 Å². The molecule has 1 N–H and O–H groups in total. The summed E-state index contributed by atoms with van der Waals surface area (Å²) in [5.74, 6) is 1.07. The highest BCUT2D eigenvalue weighted by Gasteiger charge is 2.67. The summed E-state index contributed by atoms with van der Waals surface area (Å²) in [7, 11) is 0. The molecule has 4 atom stereocenters. The zero-order chi connectivity index (χ0) is 27.2. The number of carbonyl (C=O) groups excluding carboxylic acids is 3. The molecule has 0 aliphatic carbocycles. The standard InChI is InChI=1S/C30H26O8/c1-3-19-30(38-27(33)23-17-11-6-12-18-23)24(20-35-25(31)21-13-7-4-8-14-21)37-29(2,34)28(30)36-26(32)22-15-9-5-10-16-22/h4-18,24,28,34H,20H2,1-2H3/t24-,28+,29?,30-/m1/s1. The molecule has 0 saturated carbocycles. The van der Waals surface area contributed by atoms with E-state index in [1.165, 1.54) is 26.0 Å². The molecular weight excluding hydrogens is 488 g/mol. The van der Waals surface area contributed by atoms with Gasteiger partial charge in [-0.3, -0.25) is 0 Å². The predicted molar refractivity (Wildman–Crippen MR) is 136 cm³/mol. The zero-order valence-corrected chi connectivity index (χ0v) is 20.8. The second-order valence-electron chi connectivity index (χ2n) is 8.70. The van der Waals surface area contributed by atoms with E-state index in [0.29, 0.717) is 0 Å². The lowest BCUT2D eigenvalue weighted by molar-refractivity contribution is -0.218. The van der Waals surface area contributed by atoms with Crippen LogP contribution in [0.5, 0.6) is 0 Å². The molecule has 194 valence electrons. The van der Waals surface area contributed by atoms with Gasteiger partial charge in [0, 0.05) is 0 Å². The van der Waals surface area contributed by atoms with Crippen LogP contribution in [0.4, 0.5) is 0 Å². The Balaban J connectivity index is 1.71. The Morgan fingerprint density at radius 3 is 1.79 bits per heavy atom. The van der Waals surface area contributed by atoms with Crippen LogP contribution in [0.15, 0.2) is 91.0 Å². The fourth-order valence-electron chi connectivity index (χ4n) is 4.19. The number of aliphatic hydroxyl groups is 1. The summed E-state index contributed by atoms with van der Waals surface area (Å²) in [6, 6.07) is 24.5. The third-order valence-electron chi connectivity index (χ3n) is 5.94. The highest BCUT2D eigenvalue weighted by molar-refractivity contribution is 5.91. The Kier molecular flexibility index (Phi) is 7.91. The molecule has 0 spiro atoms. The molecule has 0 radical (unpaired) electrons. The molecule has 1 heterocycles. The van der Waals surface area contributed by atoms with Crippen molar-refractivity contribution in [3.05, 3.63) is 108 Å². The number of hydrogen-bond acceptors (Lipinski definition) is 8. The summed E-state index contributed by atoms with van der Waals surface area (Å²) < 4.78 is 22.9. The van der Waals surface area contributed by atoms with Crippen LogP contribution in [0.25, 0.3) is 0 Å². The first-order valence-corrected chi connectivity index (χ1v) is 11.9. The minimum atomic E-state index is -2.16. The number of rotatable bonds is 7. The van der Waals surface area contributed by atoms with Crippen molar-refractivity contribution in [2.75, 3.05) is 6.61 Å². The SMILES string of the molecule is CC#C[C@@]1(OC(=O)c2ccccc2)[C@@H](COC(=O)c2ccccc2)OC(C)(O)[C@@H]1OC(=O)c1ccccc1. The Labute approximate surface area is 220 Å². The van der Waals surface area contributed by atoms with Crippen molar-refractivity contribution >= 4 is 17.9 Å². The van der Waals surface area contributed by atoms with Gasteiger partial charge < -0.3 is 24.1 Å². The molecule has 3 aromatic carbocycles. The Bertz CT molecular complexity index is 1340. The quantitative estimate of drug-likeness (QED) is 0.288. The molecule has 1 saturated heterocycles. The average molecular weight is 515 g/mol. The number of ether oxygens (including phenoxy) is 4. The van der Waals surface area contributed by atoms with Crippen LogP contribution >= 0.6 is 0 Å². The fraction of sp³-hybridized carbons (Fsp3) is 0.233. The minimum absolute atomic E-state index is 0.199. The summed E-state index contributed by atoms with van der Waals surface area (Å²) in [5.41, 5.74) is -1.33. The molecule has 8 heteroatoms. The maximum atomic E-state index is 13.2. The van der Waals surface area contributed by atoms with Crippen molar-refractivity contribution in [3.8, 4) is 11.8 Å². The first kappa shape index (κ1) is 26.6. The van der Waals surface area contributed by atoms with Crippen LogP contribution in [-0.2, 0) is 18.9 Å². The number of esters is 3. The summed E-state index contributed by atoms with van der Waals surface area (Å²) in [5, 5.41) is 11.2. The third-order valence-corrected chi connectivity index (χ3v) is 5.94. The van der Waals surface area contributed by atoms with E-state index < -0.39 is 48.1 Å². The molecule has 38 heavy (non-hydrogen) atoms. The zero-order valence-electron chi connectivity index (χ0n) is 20.8. The summed E-state index contributed by atoms with van der Waals surface area (Å²) in [4.78, 5) is 38.9. The van der Waals surface area contributed by atoms with E-state index in [2.05, 4.69) is 11.8 Å². The molecule has 0 bridgehead atoms. The number of carbonyl (C=O) groups is 3. The van der Waals surface area contributed by atoms with Crippen molar-refractivity contribution < 1.29 is 38.4 Å². The second-order valence-corrected chi connectivity index (χ2v) is 8.70. The lowest BCUT2D eigenvalue weighted by Crippen LogP contribution is -2.56. The van der Waals surface area contributed by atoms with Crippen LogP contribution in [0, 0.1) is 11.8 Å². The largest absolute Gasteiger partial charge is 0.459 e. The van der Waals surface area contributed by atoms with Gasteiger partial charge in [0.1, 0.15) is 6.61 Å². The monoisotopic (exact) mass is 514 g/mol. The molecule has 1 aliphatic rings. The van der Waals surface area contributed by atoms with Gasteiger partial charge in [0.2, 0.25) is 17.5 Å². The van der Waals surface area contributed by atoms with Crippen LogP contribution in [-0.4, -0.2) is 53.2 Å². The highest BCUT2D eigenvalue weighted by Crippen LogP contribution is 2.43. The Morgan fingerprint density at radius 2 is 1.29 bits per heavy atom. The predicted octanol–water partition coefficient (Wildman–Crippen LogP) is 3.80. The summed E-state index contributed by atoms with van der Waals surface area (Å²) >= 11 is 0. The molecule has 1 fully saturated rings. The van der Waals surface area contributed by atoms with E-state index in [1.54, 1.807) is 78.9 Å². The van der Waals surface area contributed by atoms with Gasteiger partial charge in [0.15, 0.2) is 6.10 Å². The average Bonchev–Trinajstić information content (AvgIpc) is 3.14. The van der Waals surface area contributed by atoms with E-state index >= 15 is 0 Å². The first-order valence-electron chi connectivity index (χ1n) is 11.9. The number of benzene rings is 3. The molecule has 1 unspecified atom stereocenters. The lowest BCUT2D eigenvalue weighted by atomic mass is 9.89. The normalized spacial score (nSPS) is 24.0. The van der Waals surface area contributed by atoms with Gasteiger partial charge in [0.25, 0.3) is 0 Å². The minimum Gasteiger partial charge on any atom is -0.459 e. The first-order chi connectivity index (χ1) is 18.3. The molecule has 8 nitrogen and oxygen atoms in total. The third kappa shape index (κ3) is 5.59. The van der Waals surface area contributed by atoms with Crippen LogP contribution in [0.3, 0.4) is 0 Å². The van der Waals surface area contributed by atoms with Crippen molar-refractivity contribution in [2.45, 2.75) is 37.4 Å². The molecule has 4 rings (SSSR count). The van der Waals surface area contributed by atoms with Crippen molar-refractivity contribution in [1.29, 1.82) is 0 Å². The molecular formula is C30H26O8. The highest BCUT2D eigenvalue weighted by atomic mass is 16.7. The Hall–Kier alpha value is -4.45. The second kappa shape index (κ2) is 11.3. The van der Waals surface area contributed by atoms with Gasteiger partial charge in [-0.25, -0.2) is 14.4 Å². The topological polar surface area (TPSA) is 108 Å². The lowest BCUT2D eigenvalue weighted by Gasteiger charge is -2.34. The molecule has 3 aromatic rings. The van der Waals surface area contributed by atoms with Gasteiger partial charge in [-0.15, -0.1) is 5.92 Å². The Morgan fingerprint density at radius 1 is 0.816 bits per heavy atom. The maximum Gasteiger partial charge on any atom is 0.339 e. The van der Waals surface area contributed by atoms with Crippen LogP contribution < -0.4 is 0 Å². The van der Waals surface area contributed by atoms with Gasteiger partial charge >= 0.3 is 17.9 Å². The van der Waals surface area contributed by atoms with E-state index in [4.69, 9.17) is 18.9 Å². The van der Waals surface area contributed by atoms with Gasteiger partial charge in [-0.2, -0.15) is 0 Å². The number of hydrogen-bond donors (Lipinski definition) is 1. The molecule has 0 amide bonds. The van der Waals surface area contributed by atoms with E-state index in [-0.39, 0.29) is 16.7 Å². The fourth-order valence-corrected chi connectivity index (χ4v) is 4.19. The van der Waals surface area contributed by atoms with Crippen LogP contribution in [0.2, 0.25) is 0 Å². The smallest absolute Gasteiger partial charge is 0.339 e. The molecule has 0 aromatic heterocycles. The van der Waals surface area contributed by atoms with E-state index in [0.717, 1.165) is 0 Å². The van der Waals surface area contributed by atoms with Gasteiger partial charge in [-0.05, 0) is 56.2 Å². The summed E-state index contributed by atoms with van der Waals surface area (Å²) in [6.45, 7) is 2.30.